The summed E-state index contributed by atoms with van der Waals surface area (Å²) in [5, 5.41) is 3.43. The molecule has 0 radical (unpaired) electrons. The van der Waals surface area contributed by atoms with Gasteiger partial charge in [-0.25, -0.2) is 13.4 Å². The van der Waals surface area contributed by atoms with E-state index in [-0.39, 0.29) is 16.8 Å². The van der Waals surface area contributed by atoms with Crippen LogP contribution in [-0.2, 0) is 21.2 Å². The Kier molecular flexibility index (Phi) is 6.60. The first kappa shape index (κ1) is 23.5. The first-order chi connectivity index (χ1) is 16.9. The molecule has 1 aliphatic heterocycles. The lowest BCUT2D eigenvalue weighted by Gasteiger charge is -2.22. The number of nitrogens with one attached hydrogen (secondary N) is 2. The Morgan fingerprint density at radius 1 is 1.09 bits per heavy atom. The van der Waals surface area contributed by atoms with Gasteiger partial charge in [-0.05, 0) is 67.3 Å². The van der Waals surface area contributed by atoms with Crippen LogP contribution in [0, 0.1) is 0 Å². The number of anilines is 1. The number of carbonyl (C=O) groups is 1. The molecule has 0 spiro atoms. The zero-order chi connectivity index (χ0) is 24.4. The smallest absolute Gasteiger partial charge is 0.243 e. The number of H-pyrrole nitrogens is 1. The van der Waals surface area contributed by atoms with Crippen molar-refractivity contribution in [2.45, 2.75) is 36.6 Å². The number of hydrogen-bond donors (Lipinski definition) is 2. The van der Waals surface area contributed by atoms with Gasteiger partial charge in [-0.15, -0.1) is 0 Å². The third-order valence-corrected chi connectivity index (χ3v) is 8.38. The summed E-state index contributed by atoms with van der Waals surface area (Å²) in [6, 6.07) is 21.2. The number of hydrogen-bond acceptors (Lipinski definition) is 4. The van der Waals surface area contributed by atoms with Crippen molar-refractivity contribution in [3.05, 3.63) is 89.2 Å². The number of aromatic nitrogens is 2. The minimum atomic E-state index is -3.69. The van der Waals surface area contributed by atoms with Crippen molar-refractivity contribution in [3.63, 3.8) is 0 Å². The molecule has 7 nitrogen and oxygen atoms in total. The standard InChI is InChI=1S/C26H25ClN4O3S/c27-19-9-12-21(13-10-19)35(33,34)31-16-4-7-24(31)26-29-22-14-11-20(17-23(22)30-26)28-25(32)15-8-18-5-2-1-3-6-18/h1-3,5-6,9-14,17,24H,4,7-8,15-16H2,(H,28,32)(H,29,30). The summed E-state index contributed by atoms with van der Waals surface area (Å²) in [5.74, 6) is 0.534. The van der Waals surface area contributed by atoms with Crippen LogP contribution < -0.4 is 5.32 Å². The second-order valence-corrected chi connectivity index (χ2v) is 10.9. The summed E-state index contributed by atoms with van der Waals surface area (Å²) >= 11 is 5.93. The van der Waals surface area contributed by atoms with E-state index in [0.29, 0.717) is 42.3 Å². The Morgan fingerprint density at radius 3 is 2.63 bits per heavy atom. The van der Waals surface area contributed by atoms with Gasteiger partial charge in [0.2, 0.25) is 15.9 Å². The van der Waals surface area contributed by atoms with Crippen molar-refractivity contribution >= 4 is 44.3 Å². The molecule has 1 aliphatic rings. The summed E-state index contributed by atoms with van der Waals surface area (Å²) in [6.07, 6.45) is 2.48. The van der Waals surface area contributed by atoms with Gasteiger partial charge >= 0.3 is 0 Å². The first-order valence-electron chi connectivity index (χ1n) is 11.5. The molecule has 2 heterocycles. The van der Waals surface area contributed by atoms with Gasteiger partial charge in [0, 0.05) is 23.7 Å². The predicted octanol–water partition coefficient (Wildman–Crippen LogP) is 5.31. The van der Waals surface area contributed by atoms with Crippen molar-refractivity contribution in [2.24, 2.45) is 0 Å². The lowest BCUT2D eigenvalue weighted by atomic mass is 10.1. The molecule has 5 rings (SSSR count). The van der Waals surface area contributed by atoms with E-state index in [0.717, 1.165) is 23.0 Å². The maximum absolute atomic E-state index is 13.3. The normalized spacial score (nSPS) is 16.5. The molecule has 35 heavy (non-hydrogen) atoms. The Hall–Kier alpha value is -3.20. The molecule has 180 valence electrons. The highest BCUT2D eigenvalue weighted by molar-refractivity contribution is 7.89. The number of aromatic amines is 1. The van der Waals surface area contributed by atoms with Gasteiger partial charge < -0.3 is 10.3 Å². The SMILES string of the molecule is O=C(CCc1ccccc1)Nc1ccc2nc(C3CCCN3S(=O)(=O)c3ccc(Cl)cc3)[nH]c2c1. The van der Waals surface area contributed by atoms with Crippen LogP contribution in [0.3, 0.4) is 0 Å². The number of sulfonamides is 1. The molecular weight excluding hydrogens is 484 g/mol. The molecule has 1 fully saturated rings. The maximum atomic E-state index is 13.3. The monoisotopic (exact) mass is 508 g/mol. The number of imidazole rings is 1. The van der Waals surface area contributed by atoms with E-state index in [4.69, 9.17) is 11.6 Å². The summed E-state index contributed by atoms with van der Waals surface area (Å²) in [5.41, 5.74) is 3.25. The average molecular weight is 509 g/mol. The lowest BCUT2D eigenvalue weighted by Crippen LogP contribution is -2.31. The molecule has 0 aliphatic carbocycles. The fraction of sp³-hybridized carbons (Fsp3) is 0.231. The van der Waals surface area contributed by atoms with Gasteiger partial charge in [0.25, 0.3) is 0 Å². The lowest BCUT2D eigenvalue weighted by molar-refractivity contribution is -0.116. The number of halogens is 1. The molecule has 0 bridgehead atoms. The van der Waals surface area contributed by atoms with Crippen molar-refractivity contribution in [1.82, 2.24) is 14.3 Å². The number of benzene rings is 3. The van der Waals surface area contributed by atoms with Crippen LogP contribution in [0.4, 0.5) is 5.69 Å². The van der Waals surface area contributed by atoms with Crippen molar-refractivity contribution < 1.29 is 13.2 Å². The summed E-state index contributed by atoms with van der Waals surface area (Å²) in [4.78, 5) is 20.6. The largest absolute Gasteiger partial charge is 0.341 e. The highest BCUT2D eigenvalue weighted by atomic mass is 35.5. The van der Waals surface area contributed by atoms with Crippen LogP contribution in [0.5, 0.6) is 0 Å². The zero-order valence-electron chi connectivity index (χ0n) is 18.9. The summed E-state index contributed by atoms with van der Waals surface area (Å²) in [7, 11) is -3.69. The van der Waals surface area contributed by atoms with Crippen LogP contribution in [0.15, 0.2) is 77.7 Å². The molecule has 1 amide bonds. The molecule has 0 saturated carbocycles. The zero-order valence-corrected chi connectivity index (χ0v) is 20.5. The first-order valence-corrected chi connectivity index (χ1v) is 13.3. The van der Waals surface area contributed by atoms with E-state index >= 15 is 0 Å². The van der Waals surface area contributed by atoms with E-state index < -0.39 is 10.0 Å². The van der Waals surface area contributed by atoms with E-state index in [1.165, 1.54) is 16.4 Å². The predicted molar refractivity (Wildman–Crippen MR) is 137 cm³/mol. The molecule has 9 heteroatoms. The summed E-state index contributed by atoms with van der Waals surface area (Å²) < 4.78 is 28.1. The van der Waals surface area contributed by atoms with Crippen LogP contribution in [0.25, 0.3) is 11.0 Å². The van der Waals surface area contributed by atoms with Crippen LogP contribution in [-0.4, -0.2) is 35.1 Å². The number of rotatable bonds is 7. The molecule has 3 aromatic carbocycles. The minimum Gasteiger partial charge on any atom is -0.341 e. The Balaban J connectivity index is 1.32. The highest BCUT2D eigenvalue weighted by Gasteiger charge is 2.37. The molecular formula is C26H25ClN4O3S. The van der Waals surface area contributed by atoms with E-state index in [2.05, 4.69) is 15.3 Å². The van der Waals surface area contributed by atoms with E-state index in [1.807, 2.05) is 48.5 Å². The topological polar surface area (TPSA) is 95.2 Å². The van der Waals surface area contributed by atoms with Gasteiger partial charge in [-0.2, -0.15) is 4.31 Å². The quantitative estimate of drug-likeness (QED) is 0.353. The van der Waals surface area contributed by atoms with Crippen LogP contribution >= 0.6 is 11.6 Å². The highest BCUT2D eigenvalue weighted by Crippen LogP contribution is 2.36. The van der Waals surface area contributed by atoms with E-state index in [9.17, 15) is 13.2 Å². The molecule has 2 N–H and O–H groups in total. The molecule has 1 unspecified atom stereocenters. The fourth-order valence-corrected chi connectivity index (χ4v) is 6.22. The van der Waals surface area contributed by atoms with Crippen molar-refractivity contribution in [1.29, 1.82) is 0 Å². The summed E-state index contributed by atoms with van der Waals surface area (Å²) in [6.45, 7) is 0.426. The number of carbonyl (C=O) groups excluding carboxylic acids is 1. The second-order valence-electron chi connectivity index (χ2n) is 8.62. The van der Waals surface area contributed by atoms with Crippen LogP contribution in [0.1, 0.15) is 36.7 Å². The third kappa shape index (κ3) is 5.10. The number of aryl methyl sites for hydroxylation is 1. The van der Waals surface area contributed by atoms with E-state index in [1.54, 1.807) is 12.1 Å². The molecule has 1 atom stereocenters. The van der Waals surface area contributed by atoms with Gasteiger partial charge in [-0.1, -0.05) is 41.9 Å². The number of amides is 1. The Bertz CT molecular complexity index is 1450. The third-order valence-electron chi connectivity index (χ3n) is 6.21. The number of fused-ring (bicyclic) bond motifs is 1. The van der Waals surface area contributed by atoms with Crippen molar-refractivity contribution in [3.8, 4) is 0 Å². The van der Waals surface area contributed by atoms with Gasteiger partial charge in [0.15, 0.2) is 0 Å². The number of nitrogens with zero attached hydrogens (tertiary/aromatic N) is 2. The second kappa shape index (κ2) is 9.81. The van der Waals surface area contributed by atoms with Gasteiger partial charge in [0.05, 0.1) is 22.0 Å². The minimum absolute atomic E-state index is 0.0658. The Morgan fingerprint density at radius 2 is 1.86 bits per heavy atom. The average Bonchev–Trinajstić information content (AvgIpc) is 3.51. The van der Waals surface area contributed by atoms with Gasteiger partial charge in [-0.3, -0.25) is 4.79 Å². The molecule has 1 aromatic heterocycles. The maximum Gasteiger partial charge on any atom is 0.243 e. The molecule has 4 aromatic rings. The Labute approximate surface area is 209 Å². The fourth-order valence-electron chi connectivity index (χ4n) is 4.43. The van der Waals surface area contributed by atoms with Crippen LogP contribution in [0.2, 0.25) is 5.02 Å². The van der Waals surface area contributed by atoms with Crippen molar-refractivity contribution in [2.75, 3.05) is 11.9 Å². The molecule has 1 saturated heterocycles. The van der Waals surface area contributed by atoms with Gasteiger partial charge in [0.1, 0.15) is 5.82 Å².